The standard InChI is InChI=1S/C14H27NO2S/c1-12(2)18-13(7-8-14(16)17-3)11-15-9-5-4-6-10-15/h12-13H,4-11H2,1-3H3. The molecule has 0 N–H and O–H groups in total. The molecule has 0 spiro atoms. The second-order valence-corrected chi connectivity index (χ2v) is 7.16. The van der Waals surface area contributed by atoms with Crippen molar-refractivity contribution in [2.75, 3.05) is 26.7 Å². The van der Waals surface area contributed by atoms with Gasteiger partial charge in [0.15, 0.2) is 0 Å². The van der Waals surface area contributed by atoms with E-state index >= 15 is 0 Å². The van der Waals surface area contributed by atoms with Crippen LogP contribution in [0.1, 0.15) is 46.0 Å². The number of hydrogen-bond donors (Lipinski definition) is 0. The first-order chi connectivity index (χ1) is 8.61. The molecule has 1 fully saturated rings. The maximum absolute atomic E-state index is 11.2. The molecule has 1 saturated heterocycles. The van der Waals surface area contributed by atoms with E-state index in [4.69, 9.17) is 4.74 Å². The number of piperidine rings is 1. The number of thioether (sulfide) groups is 1. The lowest BCUT2D eigenvalue weighted by atomic mass is 10.1. The van der Waals surface area contributed by atoms with E-state index in [0.29, 0.717) is 16.9 Å². The lowest BCUT2D eigenvalue weighted by Crippen LogP contribution is -2.36. The van der Waals surface area contributed by atoms with Gasteiger partial charge < -0.3 is 9.64 Å². The van der Waals surface area contributed by atoms with Crippen LogP contribution in [-0.2, 0) is 9.53 Å². The molecule has 0 aromatic carbocycles. The molecule has 0 bridgehead atoms. The third-order valence-electron chi connectivity index (χ3n) is 3.27. The summed E-state index contributed by atoms with van der Waals surface area (Å²) in [6.07, 6.45) is 5.52. The summed E-state index contributed by atoms with van der Waals surface area (Å²) in [6, 6.07) is 0. The maximum atomic E-state index is 11.2. The topological polar surface area (TPSA) is 29.5 Å². The fourth-order valence-electron chi connectivity index (χ4n) is 2.40. The molecule has 1 heterocycles. The second kappa shape index (κ2) is 8.81. The van der Waals surface area contributed by atoms with Crippen molar-refractivity contribution in [3.8, 4) is 0 Å². The number of hydrogen-bond acceptors (Lipinski definition) is 4. The van der Waals surface area contributed by atoms with Crippen LogP contribution in [0.25, 0.3) is 0 Å². The van der Waals surface area contributed by atoms with Crippen molar-refractivity contribution < 1.29 is 9.53 Å². The lowest BCUT2D eigenvalue weighted by molar-refractivity contribution is -0.140. The summed E-state index contributed by atoms with van der Waals surface area (Å²) in [5.41, 5.74) is 0. The zero-order valence-corrected chi connectivity index (χ0v) is 12.8. The number of ether oxygens (including phenoxy) is 1. The summed E-state index contributed by atoms with van der Waals surface area (Å²) >= 11 is 2.00. The number of nitrogens with zero attached hydrogens (tertiary/aromatic N) is 1. The van der Waals surface area contributed by atoms with Crippen LogP contribution in [-0.4, -0.2) is 48.1 Å². The van der Waals surface area contributed by atoms with Gasteiger partial charge in [-0.1, -0.05) is 20.3 Å². The molecule has 1 aliphatic rings. The maximum Gasteiger partial charge on any atom is 0.305 e. The summed E-state index contributed by atoms with van der Waals surface area (Å²) in [5, 5.41) is 1.18. The van der Waals surface area contributed by atoms with Crippen LogP contribution in [0, 0.1) is 0 Å². The summed E-state index contributed by atoms with van der Waals surface area (Å²) in [7, 11) is 1.47. The fourth-order valence-corrected chi connectivity index (χ4v) is 3.72. The van der Waals surface area contributed by atoms with Gasteiger partial charge in [0.25, 0.3) is 0 Å². The van der Waals surface area contributed by atoms with E-state index in [1.165, 1.54) is 39.5 Å². The van der Waals surface area contributed by atoms with Gasteiger partial charge >= 0.3 is 5.97 Å². The number of esters is 1. The van der Waals surface area contributed by atoms with E-state index in [2.05, 4.69) is 18.7 Å². The Labute approximate surface area is 116 Å². The first kappa shape index (κ1) is 15.8. The Hall–Kier alpha value is -0.220. The van der Waals surface area contributed by atoms with Crippen LogP contribution < -0.4 is 0 Å². The van der Waals surface area contributed by atoms with Crippen LogP contribution in [0.4, 0.5) is 0 Å². The zero-order valence-electron chi connectivity index (χ0n) is 12.0. The predicted octanol–water partition coefficient (Wildman–Crippen LogP) is 2.94. The van der Waals surface area contributed by atoms with Crippen LogP contribution in [0.2, 0.25) is 0 Å². The highest BCUT2D eigenvalue weighted by atomic mass is 32.2. The molecule has 106 valence electrons. The molecule has 18 heavy (non-hydrogen) atoms. The molecular formula is C14H27NO2S. The van der Waals surface area contributed by atoms with Gasteiger partial charge in [-0.3, -0.25) is 4.79 Å². The Balaban J connectivity index is 2.35. The molecule has 0 aliphatic carbocycles. The van der Waals surface area contributed by atoms with Gasteiger partial charge in [-0.15, -0.1) is 0 Å². The van der Waals surface area contributed by atoms with Crippen molar-refractivity contribution in [2.45, 2.75) is 56.5 Å². The molecule has 1 atom stereocenters. The molecule has 0 aromatic rings. The SMILES string of the molecule is COC(=O)CCC(CN1CCCCC1)SC(C)C. The minimum absolute atomic E-state index is 0.0806. The summed E-state index contributed by atoms with van der Waals surface area (Å²) in [5.74, 6) is -0.0806. The first-order valence-electron chi connectivity index (χ1n) is 7.06. The van der Waals surface area contributed by atoms with Gasteiger partial charge in [-0.25, -0.2) is 0 Å². The van der Waals surface area contributed by atoms with Crippen molar-refractivity contribution in [1.82, 2.24) is 4.90 Å². The summed E-state index contributed by atoms with van der Waals surface area (Å²) in [4.78, 5) is 13.8. The highest BCUT2D eigenvalue weighted by Gasteiger charge is 2.19. The third-order valence-corrected chi connectivity index (χ3v) is 4.59. The molecule has 0 aromatic heterocycles. The minimum Gasteiger partial charge on any atom is -0.469 e. The summed E-state index contributed by atoms with van der Waals surface area (Å²) in [6.45, 7) is 8.04. The quantitative estimate of drug-likeness (QED) is 0.667. The van der Waals surface area contributed by atoms with Gasteiger partial charge in [0, 0.05) is 18.2 Å². The Morgan fingerprint density at radius 1 is 1.28 bits per heavy atom. The number of methoxy groups -OCH3 is 1. The van der Waals surface area contributed by atoms with Crippen LogP contribution in [0.15, 0.2) is 0 Å². The highest BCUT2D eigenvalue weighted by Crippen LogP contribution is 2.24. The van der Waals surface area contributed by atoms with Crippen LogP contribution >= 0.6 is 11.8 Å². The molecule has 1 aliphatic heterocycles. The Morgan fingerprint density at radius 2 is 1.94 bits per heavy atom. The molecule has 0 amide bonds. The smallest absolute Gasteiger partial charge is 0.305 e. The molecule has 0 radical (unpaired) electrons. The van der Waals surface area contributed by atoms with E-state index in [-0.39, 0.29) is 5.97 Å². The Morgan fingerprint density at radius 3 is 2.50 bits per heavy atom. The van der Waals surface area contributed by atoms with E-state index < -0.39 is 0 Å². The second-order valence-electron chi connectivity index (χ2n) is 5.28. The van der Waals surface area contributed by atoms with Gasteiger partial charge in [0.05, 0.1) is 7.11 Å². The van der Waals surface area contributed by atoms with Crippen molar-refractivity contribution in [1.29, 1.82) is 0 Å². The number of carbonyl (C=O) groups is 1. The molecule has 3 nitrogen and oxygen atoms in total. The molecule has 1 rings (SSSR count). The number of likely N-dealkylation sites (tertiary alicyclic amines) is 1. The van der Waals surface area contributed by atoms with Gasteiger partial charge in [-0.05, 0) is 37.6 Å². The molecular weight excluding hydrogens is 246 g/mol. The normalized spacial score (nSPS) is 18.9. The average molecular weight is 273 g/mol. The van der Waals surface area contributed by atoms with Crippen molar-refractivity contribution in [2.24, 2.45) is 0 Å². The predicted molar refractivity (Wildman–Crippen MR) is 78.1 cm³/mol. The van der Waals surface area contributed by atoms with Crippen molar-refractivity contribution in [3.63, 3.8) is 0 Å². The Bertz CT molecular complexity index is 240. The summed E-state index contributed by atoms with van der Waals surface area (Å²) < 4.78 is 4.73. The van der Waals surface area contributed by atoms with Gasteiger partial charge in [0.1, 0.15) is 0 Å². The van der Waals surface area contributed by atoms with Gasteiger partial charge in [0.2, 0.25) is 0 Å². The van der Waals surface area contributed by atoms with Crippen LogP contribution in [0.5, 0.6) is 0 Å². The molecule has 4 heteroatoms. The molecule has 0 saturated carbocycles. The van der Waals surface area contributed by atoms with Crippen molar-refractivity contribution in [3.05, 3.63) is 0 Å². The van der Waals surface area contributed by atoms with Crippen molar-refractivity contribution >= 4 is 17.7 Å². The minimum atomic E-state index is -0.0806. The van der Waals surface area contributed by atoms with E-state index in [9.17, 15) is 4.79 Å². The van der Waals surface area contributed by atoms with Crippen LogP contribution in [0.3, 0.4) is 0 Å². The average Bonchev–Trinajstić information content (AvgIpc) is 2.36. The molecule has 1 unspecified atom stereocenters. The largest absolute Gasteiger partial charge is 0.469 e. The van der Waals surface area contributed by atoms with Gasteiger partial charge in [-0.2, -0.15) is 11.8 Å². The Kier molecular flexibility index (Phi) is 7.75. The monoisotopic (exact) mass is 273 g/mol. The lowest BCUT2D eigenvalue weighted by Gasteiger charge is -2.30. The van der Waals surface area contributed by atoms with E-state index in [1.807, 2.05) is 11.8 Å². The first-order valence-corrected chi connectivity index (χ1v) is 8.00. The fraction of sp³-hybridized carbons (Fsp3) is 0.929. The zero-order chi connectivity index (χ0) is 13.4. The number of rotatable bonds is 7. The van der Waals surface area contributed by atoms with E-state index in [0.717, 1.165) is 13.0 Å². The highest BCUT2D eigenvalue weighted by molar-refractivity contribution is 8.00. The van der Waals surface area contributed by atoms with E-state index in [1.54, 1.807) is 0 Å². The third kappa shape index (κ3) is 6.64. The number of carbonyl (C=O) groups excluding carboxylic acids is 1.